The number of nitrogens with one attached hydrogen (secondary N) is 1. The van der Waals surface area contributed by atoms with Gasteiger partial charge in [0.05, 0.1) is 6.10 Å². The average molecular weight is 278 g/mol. The van der Waals surface area contributed by atoms with Crippen LogP contribution >= 0.6 is 11.6 Å². The van der Waals surface area contributed by atoms with Crippen LogP contribution in [0.2, 0.25) is 5.15 Å². The number of fused-ring (bicyclic) bond motifs is 1. The van der Waals surface area contributed by atoms with E-state index in [1.165, 1.54) is 6.42 Å². The summed E-state index contributed by atoms with van der Waals surface area (Å²) in [4.78, 5) is 0. The molecule has 4 nitrogen and oxygen atoms in total. The quantitative estimate of drug-likeness (QED) is 0.932. The number of ether oxygens (including phenoxy) is 1. The molecule has 0 amide bonds. The van der Waals surface area contributed by atoms with Gasteiger partial charge in [-0.25, -0.2) is 0 Å². The SMILES string of the molecule is Clc1nnc(NCCC2CCCO2)c2ccccc12. The third kappa shape index (κ3) is 2.80. The average Bonchev–Trinajstić information content (AvgIpc) is 2.95. The van der Waals surface area contributed by atoms with Gasteiger partial charge >= 0.3 is 0 Å². The first-order chi connectivity index (χ1) is 9.34. The highest BCUT2D eigenvalue weighted by Gasteiger charge is 2.15. The molecule has 0 aliphatic carbocycles. The summed E-state index contributed by atoms with van der Waals surface area (Å²) in [6.45, 7) is 1.74. The number of nitrogens with zero attached hydrogens (tertiary/aromatic N) is 2. The second-order valence-corrected chi connectivity index (χ2v) is 5.09. The van der Waals surface area contributed by atoms with Crippen LogP contribution in [0, 0.1) is 0 Å². The maximum absolute atomic E-state index is 6.05. The molecular weight excluding hydrogens is 262 g/mol. The first-order valence-corrected chi connectivity index (χ1v) is 6.99. The van der Waals surface area contributed by atoms with Gasteiger partial charge in [0, 0.05) is 23.9 Å². The zero-order valence-corrected chi connectivity index (χ0v) is 11.4. The molecule has 0 saturated carbocycles. The van der Waals surface area contributed by atoms with Crippen LogP contribution in [0.4, 0.5) is 5.82 Å². The number of hydrogen-bond acceptors (Lipinski definition) is 4. The molecule has 1 atom stereocenters. The second kappa shape index (κ2) is 5.72. The summed E-state index contributed by atoms with van der Waals surface area (Å²) in [6, 6.07) is 7.89. The monoisotopic (exact) mass is 277 g/mol. The Kier molecular flexibility index (Phi) is 3.80. The smallest absolute Gasteiger partial charge is 0.159 e. The predicted molar refractivity (Wildman–Crippen MR) is 76.6 cm³/mol. The minimum atomic E-state index is 0.388. The van der Waals surface area contributed by atoms with Gasteiger partial charge in [-0.2, -0.15) is 0 Å². The fourth-order valence-electron chi connectivity index (χ4n) is 2.43. The number of anilines is 1. The van der Waals surface area contributed by atoms with Gasteiger partial charge in [-0.1, -0.05) is 35.9 Å². The van der Waals surface area contributed by atoms with Crippen LogP contribution in [-0.2, 0) is 4.74 Å². The standard InChI is InChI=1S/C14H16ClN3O/c15-13-11-5-1-2-6-12(11)14(18-17-13)16-8-7-10-4-3-9-19-10/h1-2,5-6,10H,3-4,7-9H2,(H,16,18). The molecular formula is C14H16ClN3O. The fraction of sp³-hybridized carbons (Fsp3) is 0.429. The lowest BCUT2D eigenvalue weighted by molar-refractivity contribution is 0.107. The van der Waals surface area contributed by atoms with E-state index < -0.39 is 0 Å². The van der Waals surface area contributed by atoms with E-state index in [4.69, 9.17) is 16.3 Å². The zero-order chi connectivity index (χ0) is 13.1. The Balaban J connectivity index is 1.72. The largest absolute Gasteiger partial charge is 0.378 e. The van der Waals surface area contributed by atoms with Crippen molar-refractivity contribution < 1.29 is 4.74 Å². The molecule has 2 heterocycles. The van der Waals surface area contributed by atoms with E-state index in [9.17, 15) is 0 Å². The summed E-state index contributed by atoms with van der Waals surface area (Å²) in [5, 5.41) is 13.8. The molecule has 1 aromatic heterocycles. The maximum Gasteiger partial charge on any atom is 0.159 e. The van der Waals surface area contributed by atoms with Crippen LogP contribution < -0.4 is 5.32 Å². The Hall–Kier alpha value is -1.39. The molecule has 1 N–H and O–H groups in total. The van der Waals surface area contributed by atoms with E-state index in [1.54, 1.807) is 0 Å². The molecule has 5 heteroatoms. The number of benzene rings is 1. The lowest BCUT2D eigenvalue weighted by Crippen LogP contribution is -2.13. The highest BCUT2D eigenvalue weighted by molar-refractivity contribution is 6.34. The molecule has 1 unspecified atom stereocenters. The van der Waals surface area contributed by atoms with Crippen molar-refractivity contribution in [1.29, 1.82) is 0 Å². The van der Waals surface area contributed by atoms with Crippen molar-refractivity contribution in [1.82, 2.24) is 10.2 Å². The zero-order valence-electron chi connectivity index (χ0n) is 10.6. The first-order valence-electron chi connectivity index (χ1n) is 6.61. The predicted octanol–water partition coefficient (Wildman–Crippen LogP) is 3.26. The summed E-state index contributed by atoms with van der Waals surface area (Å²) in [5.74, 6) is 0.790. The molecule has 0 spiro atoms. The minimum absolute atomic E-state index is 0.388. The van der Waals surface area contributed by atoms with Gasteiger partial charge in [0.1, 0.15) is 0 Å². The van der Waals surface area contributed by atoms with Crippen molar-refractivity contribution in [3.05, 3.63) is 29.4 Å². The summed E-state index contributed by atoms with van der Waals surface area (Å²) in [5.41, 5.74) is 0. The number of rotatable bonds is 4. The molecule has 1 aliphatic rings. The minimum Gasteiger partial charge on any atom is -0.378 e. The van der Waals surface area contributed by atoms with E-state index in [0.717, 1.165) is 42.6 Å². The van der Waals surface area contributed by atoms with Crippen molar-refractivity contribution >= 4 is 28.2 Å². The van der Waals surface area contributed by atoms with Crippen LogP contribution in [0.3, 0.4) is 0 Å². The Bertz CT molecular complexity index is 570. The van der Waals surface area contributed by atoms with Crippen LogP contribution in [0.5, 0.6) is 0 Å². The fourth-order valence-corrected chi connectivity index (χ4v) is 2.63. The summed E-state index contributed by atoms with van der Waals surface area (Å²) in [6.07, 6.45) is 3.72. The summed E-state index contributed by atoms with van der Waals surface area (Å²) >= 11 is 6.05. The van der Waals surface area contributed by atoms with Gasteiger partial charge in [-0.15, -0.1) is 10.2 Å². The van der Waals surface area contributed by atoms with Gasteiger partial charge in [-0.05, 0) is 19.3 Å². The first kappa shape index (κ1) is 12.6. The molecule has 19 heavy (non-hydrogen) atoms. The lowest BCUT2D eigenvalue weighted by Gasteiger charge is -2.11. The topological polar surface area (TPSA) is 47.0 Å². The van der Waals surface area contributed by atoms with Gasteiger partial charge in [0.25, 0.3) is 0 Å². The Labute approximate surface area is 117 Å². The molecule has 2 aromatic rings. The van der Waals surface area contributed by atoms with E-state index in [1.807, 2.05) is 24.3 Å². The third-order valence-corrected chi connectivity index (χ3v) is 3.70. The van der Waals surface area contributed by atoms with Crippen molar-refractivity contribution in [2.45, 2.75) is 25.4 Å². The summed E-state index contributed by atoms with van der Waals surface area (Å²) in [7, 11) is 0. The third-order valence-electron chi connectivity index (χ3n) is 3.42. The number of halogens is 1. The molecule has 1 saturated heterocycles. The van der Waals surface area contributed by atoms with Crippen molar-refractivity contribution in [2.75, 3.05) is 18.5 Å². The maximum atomic E-state index is 6.05. The van der Waals surface area contributed by atoms with Crippen LogP contribution in [0.1, 0.15) is 19.3 Å². The molecule has 1 aromatic carbocycles. The Morgan fingerprint density at radius 2 is 2.11 bits per heavy atom. The number of hydrogen-bond donors (Lipinski definition) is 1. The van der Waals surface area contributed by atoms with Gasteiger partial charge in [0.15, 0.2) is 11.0 Å². The van der Waals surface area contributed by atoms with Gasteiger partial charge in [-0.3, -0.25) is 0 Å². The number of aromatic nitrogens is 2. The Morgan fingerprint density at radius 3 is 2.89 bits per heavy atom. The normalized spacial score (nSPS) is 18.9. The molecule has 100 valence electrons. The van der Waals surface area contributed by atoms with Crippen LogP contribution in [0.15, 0.2) is 24.3 Å². The van der Waals surface area contributed by atoms with Crippen LogP contribution in [0.25, 0.3) is 10.8 Å². The van der Waals surface area contributed by atoms with Crippen molar-refractivity contribution in [3.63, 3.8) is 0 Å². The molecule has 3 rings (SSSR count). The van der Waals surface area contributed by atoms with E-state index in [0.29, 0.717) is 11.3 Å². The molecule has 0 radical (unpaired) electrons. The highest BCUT2D eigenvalue weighted by atomic mass is 35.5. The van der Waals surface area contributed by atoms with E-state index in [-0.39, 0.29) is 0 Å². The van der Waals surface area contributed by atoms with Gasteiger partial charge < -0.3 is 10.1 Å². The van der Waals surface area contributed by atoms with Crippen LogP contribution in [-0.4, -0.2) is 29.5 Å². The summed E-state index contributed by atoms with van der Waals surface area (Å²) < 4.78 is 5.60. The van der Waals surface area contributed by atoms with E-state index >= 15 is 0 Å². The Morgan fingerprint density at radius 1 is 1.26 bits per heavy atom. The van der Waals surface area contributed by atoms with E-state index in [2.05, 4.69) is 15.5 Å². The molecule has 0 bridgehead atoms. The van der Waals surface area contributed by atoms with Crippen molar-refractivity contribution in [3.8, 4) is 0 Å². The molecule has 1 aliphatic heterocycles. The second-order valence-electron chi connectivity index (χ2n) is 4.74. The van der Waals surface area contributed by atoms with Crippen molar-refractivity contribution in [2.24, 2.45) is 0 Å². The lowest BCUT2D eigenvalue weighted by atomic mass is 10.1. The molecule has 1 fully saturated rings. The highest BCUT2D eigenvalue weighted by Crippen LogP contribution is 2.25. The van der Waals surface area contributed by atoms with Gasteiger partial charge in [0.2, 0.25) is 0 Å².